The van der Waals surface area contributed by atoms with Crippen LogP contribution in [0.1, 0.15) is 43.2 Å². The van der Waals surface area contributed by atoms with Crippen molar-refractivity contribution in [2.24, 2.45) is 11.8 Å². The number of hydrogen-bond donors (Lipinski definition) is 2. The maximum Gasteiger partial charge on any atom is 0.223 e. The Hall–Kier alpha value is -1.88. The summed E-state index contributed by atoms with van der Waals surface area (Å²) in [5.74, 6) is 0.306. The largest absolute Gasteiger partial charge is 0.385 e. The summed E-state index contributed by atoms with van der Waals surface area (Å²) in [5.41, 5.74) is 2.33. The van der Waals surface area contributed by atoms with Crippen LogP contribution in [0.2, 0.25) is 0 Å². The standard InChI is InChI=1S/C20H30N2O3/c1-15-4-6-16(7-5-15)14-22-20(24)18-10-8-17(9-11-18)19(23)21-12-3-13-25-2/h4-7,17-18H,3,8-14H2,1-2H3,(H,21,23)(H,22,24). The molecule has 5 nitrogen and oxygen atoms in total. The number of ether oxygens (including phenoxy) is 1. The molecule has 0 spiro atoms. The Morgan fingerprint density at radius 2 is 1.56 bits per heavy atom. The van der Waals surface area contributed by atoms with E-state index in [1.54, 1.807) is 7.11 Å². The first-order valence-electron chi connectivity index (χ1n) is 9.20. The Morgan fingerprint density at radius 1 is 1.00 bits per heavy atom. The summed E-state index contributed by atoms with van der Waals surface area (Å²) in [6, 6.07) is 8.19. The van der Waals surface area contributed by atoms with Crippen LogP contribution >= 0.6 is 0 Å². The minimum Gasteiger partial charge on any atom is -0.385 e. The van der Waals surface area contributed by atoms with Crippen molar-refractivity contribution in [1.29, 1.82) is 0 Å². The fourth-order valence-corrected chi connectivity index (χ4v) is 3.23. The highest BCUT2D eigenvalue weighted by Gasteiger charge is 2.29. The maximum atomic E-state index is 12.3. The number of nitrogens with one attached hydrogen (secondary N) is 2. The first-order valence-corrected chi connectivity index (χ1v) is 9.20. The molecule has 0 aromatic heterocycles. The minimum atomic E-state index is 0.0305. The molecule has 138 valence electrons. The van der Waals surface area contributed by atoms with E-state index in [0.717, 1.165) is 37.7 Å². The zero-order valence-corrected chi connectivity index (χ0v) is 15.3. The number of carbonyl (C=O) groups is 2. The van der Waals surface area contributed by atoms with Gasteiger partial charge in [-0.3, -0.25) is 9.59 Å². The van der Waals surface area contributed by atoms with Crippen molar-refractivity contribution in [3.8, 4) is 0 Å². The van der Waals surface area contributed by atoms with Crippen molar-refractivity contribution in [2.45, 2.75) is 45.6 Å². The van der Waals surface area contributed by atoms with Crippen LogP contribution in [0, 0.1) is 18.8 Å². The van der Waals surface area contributed by atoms with E-state index >= 15 is 0 Å². The molecular weight excluding hydrogens is 316 g/mol. The molecule has 2 rings (SSSR count). The third kappa shape index (κ3) is 6.50. The third-order valence-corrected chi connectivity index (χ3v) is 4.88. The topological polar surface area (TPSA) is 67.4 Å². The van der Waals surface area contributed by atoms with Crippen molar-refractivity contribution in [3.05, 3.63) is 35.4 Å². The lowest BCUT2D eigenvalue weighted by Gasteiger charge is -2.27. The number of benzene rings is 1. The van der Waals surface area contributed by atoms with Crippen molar-refractivity contribution in [3.63, 3.8) is 0 Å². The molecule has 1 fully saturated rings. The number of aryl methyl sites for hydroxylation is 1. The lowest BCUT2D eigenvalue weighted by atomic mass is 9.81. The zero-order chi connectivity index (χ0) is 18.1. The molecule has 0 aliphatic heterocycles. The molecule has 2 amide bonds. The predicted molar refractivity (Wildman–Crippen MR) is 98.0 cm³/mol. The molecule has 5 heteroatoms. The molecule has 0 saturated heterocycles. The molecular formula is C20H30N2O3. The third-order valence-electron chi connectivity index (χ3n) is 4.88. The van der Waals surface area contributed by atoms with E-state index in [9.17, 15) is 9.59 Å². The van der Waals surface area contributed by atoms with Crippen molar-refractivity contribution in [2.75, 3.05) is 20.3 Å². The van der Waals surface area contributed by atoms with Crippen molar-refractivity contribution < 1.29 is 14.3 Å². The van der Waals surface area contributed by atoms with Crippen molar-refractivity contribution >= 4 is 11.8 Å². The highest BCUT2D eigenvalue weighted by atomic mass is 16.5. The van der Waals surface area contributed by atoms with E-state index < -0.39 is 0 Å². The average Bonchev–Trinajstić information content (AvgIpc) is 2.64. The normalized spacial score (nSPS) is 20.1. The van der Waals surface area contributed by atoms with Gasteiger partial charge in [0.1, 0.15) is 0 Å². The summed E-state index contributed by atoms with van der Waals surface area (Å²) in [6.45, 7) is 3.94. The molecule has 1 saturated carbocycles. The van der Waals surface area contributed by atoms with Crippen LogP contribution < -0.4 is 10.6 Å². The molecule has 1 aromatic rings. The molecule has 2 N–H and O–H groups in total. The van der Waals surface area contributed by atoms with Gasteiger partial charge >= 0.3 is 0 Å². The SMILES string of the molecule is COCCCNC(=O)C1CCC(C(=O)NCc2ccc(C)cc2)CC1. The molecule has 0 bridgehead atoms. The summed E-state index contributed by atoms with van der Waals surface area (Å²) < 4.78 is 4.97. The van der Waals surface area contributed by atoms with Crippen LogP contribution in [0.4, 0.5) is 0 Å². The van der Waals surface area contributed by atoms with Gasteiger partial charge in [-0.1, -0.05) is 29.8 Å². The van der Waals surface area contributed by atoms with Crippen LogP contribution in [-0.2, 0) is 20.9 Å². The molecule has 0 atom stereocenters. The second kappa shape index (κ2) is 10.2. The predicted octanol–water partition coefficient (Wildman–Crippen LogP) is 2.57. The first kappa shape index (κ1) is 19.4. The Balaban J connectivity index is 1.67. The van der Waals surface area contributed by atoms with Crippen LogP contribution in [0.5, 0.6) is 0 Å². The van der Waals surface area contributed by atoms with E-state index in [0.29, 0.717) is 19.7 Å². The fourth-order valence-electron chi connectivity index (χ4n) is 3.23. The fraction of sp³-hybridized carbons (Fsp3) is 0.600. The van der Waals surface area contributed by atoms with E-state index in [4.69, 9.17) is 4.74 Å². The number of methoxy groups -OCH3 is 1. The monoisotopic (exact) mass is 346 g/mol. The first-order chi connectivity index (χ1) is 12.1. The van der Waals surface area contributed by atoms with E-state index in [-0.39, 0.29) is 23.7 Å². The van der Waals surface area contributed by atoms with Gasteiger partial charge in [-0.25, -0.2) is 0 Å². The van der Waals surface area contributed by atoms with Crippen LogP contribution in [-0.4, -0.2) is 32.1 Å². The highest BCUT2D eigenvalue weighted by molar-refractivity contribution is 5.81. The Kier molecular flexibility index (Phi) is 7.92. The number of carbonyl (C=O) groups excluding carboxylic acids is 2. The number of rotatable bonds is 8. The summed E-state index contributed by atoms with van der Waals surface area (Å²) in [6.07, 6.45) is 3.99. The molecule has 0 radical (unpaired) electrons. The lowest BCUT2D eigenvalue weighted by molar-refractivity contribution is -0.130. The Morgan fingerprint density at radius 3 is 2.12 bits per heavy atom. The Bertz CT molecular complexity index is 549. The van der Waals surface area contributed by atoms with Gasteiger partial charge in [0.25, 0.3) is 0 Å². The van der Waals surface area contributed by atoms with Gasteiger partial charge in [-0.2, -0.15) is 0 Å². The molecule has 1 aliphatic rings. The molecule has 1 aliphatic carbocycles. The summed E-state index contributed by atoms with van der Waals surface area (Å²) in [4.78, 5) is 24.5. The highest BCUT2D eigenvalue weighted by Crippen LogP contribution is 2.29. The lowest BCUT2D eigenvalue weighted by Crippen LogP contribution is -2.37. The van der Waals surface area contributed by atoms with Crippen LogP contribution in [0.25, 0.3) is 0 Å². The van der Waals surface area contributed by atoms with Crippen LogP contribution in [0.15, 0.2) is 24.3 Å². The van der Waals surface area contributed by atoms with Gasteiger partial charge in [0.2, 0.25) is 11.8 Å². The van der Waals surface area contributed by atoms with E-state index in [2.05, 4.69) is 29.7 Å². The number of hydrogen-bond acceptors (Lipinski definition) is 3. The molecule has 0 unspecified atom stereocenters. The second-order valence-electron chi connectivity index (χ2n) is 6.89. The maximum absolute atomic E-state index is 12.3. The summed E-state index contributed by atoms with van der Waals surface area (Å²) in [7, 11) is 1.66. The van der Waals surface area contributed by atoms with E-state index in [1.807, 2.05) is 12.1 Å². The average molecular weight is 346 g/mol. The summed E-state index contributed by atoms with van der Waals surface area (Å²) in [5, 5.41) is 5.99. The smallest absolute Gasteiger partial charge is 0.223 e. The van der Waals surface area contributed by atoms with Gasteiger partial charge in [-0.05, 0) is 44.6 Å². The van der Waals surface area contributed by atoms with E-state index in [1.165, 1.54) is 5.56 Å². The zero-order valence-electron chi connectivity index (χ0n) is 15.3. The minimum absolute atomic E-state index is 0.0305. The van der Waals surface area contributed by atoms with Crippen LogP contribution in [0.3, 0.4) is 0 Å². The van der Waals surface area contributed by atoms with Gasteiger partial charge in [0, 0.05) is 38.6 Å². The Labute approximate surface area is 150 Å². The van der Waals surface area contributed by atoms with Gasteiger partial charge < -0.3 is 15.4 Å². The van der Waals surface area contributed by atoms with Gasteiger partial charge in [0.15, 0.2) is 0 Å². The summed E-state index contributed by atoms with van der Waals surface area (Å²) >= 11 is 0. The van der Waals surface area contributed by atoms with Gasteiger partial charge in [-0.15, -0.1) is 0 Å². The van der Waals surface area contributed by atoms with Crippen molar-refractivity contribution in [1.82, 2.24) is 10.6 Å². The molecule has 25 heavy (non-hydrogen) atoms. The molecule has 0 heterocycles. The molecule has 1 aromatic carbocycles. The van der Waals surface area contributed by atoms with Gasteiger partial charge in [0.05, 0.1) is 0 Å². The number of amides is 2. The quantitative estimate of drug-likeness (QED) is 0.711. The second-order valence-corrected chi connectivity index (χ2v) is 6.89.